The van der Waals surface area contributed by atoms with Gasteiger partial charge in [0, 0.05) is 4.90 Å². The molecule has 1 rings (SSSR count). The zero-order valence-electron chi connectivity index (χ0n) is 8.73. The number of hydrogen-bond acceptors (Lipinski definition) is 3. The lowest BCUT2D eigenvalue weighted by atomic mass is 10.2. The summed E-state index contributed by atoms with van der Waals surface area (Å²) in [6.45, 7) is 3.58. The van der Waals surface area contributed by atoms with E-state index in [9.17, 15) is 5.11 Å². The average Bonchev–Trinajstić information content (AvgIpc) is 2.19. The van der Waals surface area contributed by atoms with Gasteiger partial charge in [0.25, 0.3) is 0 Å². The largest absolute Gasteiger partial charge is 0.488 e. The van der Waals surface area contributed by atoms with Crippen LogP contribution in [0.3, 0.4) is 0 Å². The molecule has 0 aliphatic rings. The Balaban J connectivity index is 2.59. The van der Waals surface area contributed by atoms with Crippen LogP contribution in [0.5, 0.6) is 5.75 Å². The van der Waals surface area contributed by atoms with Crippen molar-refractivity contribution in [3.05, 3.63) is 24.3 Å². The monoisotopic (exact) mass is 212 g/mol. The van der Waals surface area contributed by atoms with Crippen LogP contribution >= 0.6 is 11.8 Å². The number of ether oxygens (including phenoxy) is 1. The first-order chi connectivity index (χ1) is 6.63. The van der Waals surface area contributed by atoms with Gasteiger partial charge in [0.15, 0.2) is 0 Å². The number of aliphatic hydroxyl groups excluding tert-OH is 1. The topological polar surface area (TPSA) is 29.5 Å². The highest BCUT2D eigenvalue weighted by molar-refractivity contribution is 7.98. The summed E-state index contributed by atoms with van der Waals surface area (Å²) in [4.78, 5) is 1.21. The zero-order valence-corrected chi connectivity index (χ0v) is 9.54. The van der Waals surface area contributed by atoms with E-state index in [2.05, 4.69) is 0 Å². The quantitative estimate of drug-likeness (QED) is 0.778. The molecule has 1 N–H and O–H groups in total. The van der Waals surface area contributed by atoms with Crippen LogP contribution in [0.15, 0.2) is 29.2 Å². The maximum Gasteiger partial charge on any atom is 0.121 e. The van der Waals surface area contributed by atoms with Crippen LogP contribution in [-0.2, 0) is 0 Å². The maximum absolute atomic E-state index is 9.25. The summed E-state index contributed by atoms with van der Waals surface area (Å²) in [6.07, 6.45) is 1.42. The van der Waals surface area contributed by atoms with Gasteiger partial charge in [-0.3, -0.25) is 0 Å². The van der Waals surface area contributed by atoms with E-state index in [1.807, 2.05) is 37.4 Å². The fraction of sp³-hybridized carbons (Fsp3) is 0.455. The van der Waals surface area contributed by atoms with Crippen LogP contribution in [0.1, 0.15) is 13.8 Å². The summed E-state index contributed by atoms with van der Waals surface area (Å²) < 4.78 is 5.52. The van der Waals surface area contributed by atoms with E-state index in [-0.39, 0.29) is 6.10 Å². The fourth-order valence-corrected chi connectivity index (χ4v) is 1.38. The van der Waals surface area contributed by atoms with E-state index in [1.165, 1.54) is 4.90 Å². The molecule has 0 saturated heterocycles. The van der Waals surface area contributed by atoms with Crippen molar-refractivity contribution in [1.82, 2.24) is 0 Å². The van der Waals surface area contributed by atoms with E-state index < -0.39 is 6.10 Å². The van der Waals surface area contributed by atoms with Gasteiger partial charge in [-0.2, -0.15) is 0 Å². The van der Waals surface area contributed by atoms with Crippen LogP contribution < -0.4 is 4.74 Å². The van der Waals surface area contributed by atoms with Gasteiger partial charge < -0.3 is 9.84 Å². The molecule has 0 aromatic heterocycles. The van der Waals surface area contributed by atoms with Crippen LogP contribution in [0.2, 0.25) is 0 Å². The third kappa shape index (κ3) is 3.24. The summed E-state index contributed by atoms with van der Waals surface area (Å²) in [7, 11) is 0. The minimum absolute atomic E-state index is 0.171. The lowest BCUT2D eigenvalue weighted by Crippen LogP contribution is -2.25. The normalized spacial score (nSPS) is 14.9. The zero-order chi connectivity index (χ0) is 10.6. The molecule has 2 unspecified atom stereocenters. The molecule has 0 radical (unpaired) electrons. The van der Waals surface area contributed by atoms with Crippen LogP contribution in [0.25, 0.3) is 0 Å². The molecular formula is C11H16O2S. The summed E-state index contributed by atoms with van der Waals surface area (Å²) in [6, 6.07) is 7.86. The first-order valence-electron chi connectivity index (χ1n) is 4.62. The molecule has 2 atom stereocenters. The second kappa shape index (κ2) is 5.27. The summed E-state index contributed by atoms with van der Waals surface area (Å²) in [5.41, 5.74) is 0. The molecule has 78 valence electrons. The summed E-state index contributed by atoms with van der Waals surface area (Å²) in [5, 5.41) is 9.25. The maximum atomic E-state index is 9.25. The van der Waals surface area contributed by atoms with E-state index in [1.54, 1.807) is 18.7 Å². The van der Waals surface area contributed by atoms with Crippen LogP contribution in [0, 0.1) is 0 Å². The molecule has 0 aliphatic heterocycles. The lowest BCUT2D eigenvalue weighted by Gasteiger charge is -2.17. The van der Waals surface area contributed by atoms with Gasteiger partial charge in [-0.05, 0) is 44.4 Å². The molecule has 3 heteroatoms. The molecule has 0 aliphatic carbocycles. The Morgan fingerprint density at radius 2 is 1.79 bits per heavy atom. The van der Waals surface area contributed by atoms with Gasteiger partial charge in [-0.15, -0.1) is 11.8 Å². The number of aliphatic hydroxyl groups is 1. The minimum atomic E-state index is -0.449. The standard InChI is InChI=1S/C11H16O2S/c1-8(12)9(2)13-10-4-6-11(14-3)7-5-10/h4-9,12H,1-3H3. The molecule has 0 fully saturated rings. The van der Waals surface area contributed by atoms with E-state index in [0.29, 0.717) is 0 Å². The van der Waals surface area contributed by atoms with Crippen molar-refractivity contribution in [3.8, 4) is 5.75 Å². The Morgan fingerprint density at radius 1 is 1.21 bits per heavy atom. The first-order valence-corrected chi connectivity index (χ1v) is 5.84. The third-order valence-corrected chi connectivity index (χ3v) is 2.80. The Bertz CT molecular complexity index is 269. The molecule has 1 aromatic carbocycles. The van der Waals surface area contributed by atoms with Gasteiger partial charge in [-0.25, -0.2) is 0 Å². The molecule has 2 nitrogen and oxygen atoms in total. The average molecular weight is 212 g/mol. The molecule has 0 bridgehead atoms. The van der Waals surface area contributed by atoms with E-state index in [4.69, 9.17) is 4.74 Å². The first kappa shape index (κ1) is 11.4. The smallest absolute Gasteiger partial charge is 0.121 e. The summed E-state index contributed by atoms with van der Waals surface area (Å²) in [5.74, 6) is 0.802. The van der Waals surface area contributed by atoms with Crippen molar-refractivity contribution >= 4 is 11.8 Å². The van der Waals surface area contributed by atoms with Crippen molar-refractivity contribution < 1.29 is 9.84 Å². The molecule has 0 spiro atoms. The van der Waals surface area contributed by atoms with Gasteiger partial charge in [0.2, 0.25) is 0 Å². The van der Waals surface area contributed by atoms with Crippen molar-refractivity contribution in [1.29, 1.82) is 0 Å². The Kier molecular flexibility index (Phi) is 4.29. The molecular weight excluding hydrogens is 196 g/mol. The number of rotatable bonds is 4. The second-order valence-electron chi connectivity index (χ2n) is 3.24. The highest BCUT2D eigenvalue weighted by Gasteiger charge is 2.09. The predicted octanol–water partition coefficient (Wildman–Crippen LogP) is 2.56. The Morgan fingerprint density at radius 3 is 2.21 bits per heavy atom. The SMILES string of the molecule is CSc1ccc(OC(C)C(C)O)cc1. The Hall–Kier alpha value is -0.670. The van der Waals surface area contributed by atoms with Crippen molar-refractivity contribution in [2.24, 2.45) is 0 Å². The molecule has 0 amide bonds. The predicted molar refractivity (Wildman–Crippen MR) is 60.0 cm³/mol. The third-order valence-electron chi connectivity index (χ3n) is 2.06. The molecule has 14 heavy (non-hydrogen) atoms. The Labute approximate surface area is 89.3 Å². The van der Waals surface area contributed by atoms with Gasteiger partial charge in [-0.1, -0.05) is 0 Å². The summed E-state index contributed by atoms with van der Waals surface area (Å²) >= 11 is 1.70. The van der Waals surface area contributed by atoms with Crippen LogP contribution in [-0.4, -0.2) is 23.6 Å². The number of benzene rings is 1. The van der Waals surface area contributed by atoms with Gasteiger partial charge in [0.05, 0.1) is 6.10 Å². The van der Waals surface area contributed by atoms with Crippen molar-refractivity contribution in [3.63, 3.8) is 0 Å². The number of hydrogen-bond donors (Lipinski definition) is 1. The van der Waals surface area contributed by atoms with E-state index >= 15 is 0 Å². The molecule has 1 aromatic rings. The van der Waals surface area contributed by atoms with Crippen LogP contribution in [0.4, 0.5) is 0 Å². The highest BCUT2D eigenvalue weighted by atomic mass is 32.2. The van der Waals surface area contributed by atoms with Crippen molar-refractivity contribution in [2.75, 3.05) is 6.26 Å². The number of thioether (sulfide) groups is 1. The lowest BCUT2D eigenvalue weighted by molar-refractivity contribution is 0.0604. The van der Waals surface area contributed by atoms with Crippen molar-refractivity contribution in [2.45, 2.75) is 31.0 Å². The fourth-order valence-electron chi connectivity index (χ4n) is 0.967. The second-order valence-corrected chi connectivity index (χ2v) is 4.12. The van der Waals surface area contributed by atoms with E-state index in [0.717, 1.165) is 5.75 Å². The molecule has 0 heterocycles. The van der Waals surface area contributed by atoms with Gasteiger partial charge in [0.1, 0.15) is 11.9 Å². The minimum Gasteiger partial charge on any atom is -0.488 e. The van der Waals surface area contributed by atoms with Gasteiger partial charge >= 0.3 is 0 Å². The highest BCUT2D eigenvalue weighted by Crippen LogP contribution is 2.20. The molecule has 0 saturated carbocycles.